The minimum Gasteiger partial charge on any atom is -0.354 e. The van der Waals surface area contributed by atoms with Crippen molar-refractivity contribution in [3.8, 4) is 11.3 Å². The van der Waals surface area contributed by atoms with Crippen molar-refractivity contribution >= 4 is 17.5 Å². The highest BCUT2D eigenvalue weighted by atomic mass is 19.1. The molecule has 0 spiro atoms. The molecular weight excluding hydrogens is 310 g/mol. The van der Waals surface area contributed by atoms with Gasteiger partial charge >= 0.3 is 0 Å². The summed E-state index contributed by atoms with van der Waals surface area (Å²) in [6.45, 7) is 2.55. The van der Waals surface area contributed by atoms with Gasteiger partial charge in [-0.15, -0.1) is 0 Å². The van der Waals surface area contributed by atoms with Crippen LogP contribution in [-0.2, 0) is 0 Å². The second-order valence-electron chi connectivity index (χ2n) is 5.08. The summed E-state index contributed by atoms with van der Waals surface area (Å²) in [6, 6.07) is 14.9. The highest BCUT2D eigenvalue weighted by Gasteiger charge is 2.12. The van der Waals surface area contributed by atoms with Crippen LogP contribution in [0.25, 0.3) is 11.3 Å². The first-order chi connectivity index (χ1) is 11.7. The minimum atomic E-state index is -0.681. The Morgan fingerprint density at radius 2 is 1.62 bits per heavy atom. The van der Waals surface area contributed by atoms with E-state index in [0.717, 1.165) is 5.56 Å². The fraction of sp³-hybridized carbons (Fsp3) is 0.111. The zero-order valence-corrected chi connectivity index (χ0v) is 13.1. The van der Waals surface area contributed by atoms with E-state index < -0.39 is 11.6 Å². The maximum absolute atomic E-state index is 13.8. The quantitative estimate of drug-likeness (QED) is 0.719. The molecule has 3 aromatic rings. The van der Waals surface area contributed by atoms with Gasteiger partial charge in [-0.25, -0.2) is 13.8 Å². The zero-order valence-electron chi connectivity index (χ0n) is 13.1. The van der Waals surface area contributed by atoms with Crippen molar-refractivity contribution < 1.29 is 8.78 Å². The third-order valence-corrected chi connectivity index (χ3v) is 3.35. The van der Waals surface area contributed by atoms with Gasteiger partial charge in [0.2, 0.25) is 5.95 Å². The van der Waals surface area contributed by atoms with E-state index in [2.05, 4.69) is 20.6 Å². The van der Waals surface area contributed by atoms with Crippen LogP contribution in [0, 0.1) is 11.6 Å². The molecule has 0 atom stereocenters. The van der Waals surface area contributed by atoms with E-state index in [9.17, 15) is 8.78 Å². The zero-order chi connectivity index (χ0) is 16.9. The van der Waals surface area contributed by atoms with Crippen LogP contribution in [-0.4, -0.2) is 16.5 Å². The summed E-state index contributed by atoms with van der Waals surface area (Å²) in [7, 11) is 0. The molecule has 2 aromatic carbocycles. The summed E-state index contributed by atoms with van der Waals surface area (Å²) in [4.78, 5) is 8.69. The number of benzene rings is 2. The van der Waals surface area contributed by atoms with Crippen molar-refractivity contribution in [2.24, 2.45) is 0 Å². The first-order valence-electron chi connectivity index (χ1n) is 7.57. The van der Waals surface area contributed by atoms with Crippen LogP contribution >= 0.6 is 0 Å². The molecule has 6 heteroatoms. The van der Waals surface area contributed by atoms with Crippen LogP contribution < -0.4 is 10.6 Å². The number of hydrogen-bond donors (Lipinski definition) is 2. The Morgan fingerprint density at radius 1 is 0.917 bits per heavy atom. The maximum Gasteiger partial charge on any atom is 0.225 e. The number of para-hydroxylation sites is 1. The first kappa shape index (κ1) is 15.9. The molecule has 0 radical (unpaired) electrons. The summed E-state index contributed by atoms with van der Waals surface area (Å²) in [6.07, 6.45) is 0. The lowest BCUT2D eigenvalue weighted by molar-refractivity contribution is 0.590. The van der Waals surface area contributed by atoms with E-state index in [0.29, 0.717) is 24.0 Å². The summed E-state index contributed by atoms with van der Waals surface area (Å²) in [5.41, 5.74) is 1.30. The predicted octanol–water partition coefficient (Wildman–Crippen LogP) is 4.60. The summed E-state index contributed by atoms with van der Waals surface area (Å²) in [5, 5.41) is 5.73. The molecule has 0 bridgehead atoms. The second kappa shape index (κ2) is 7.04. The third kappa shape index (κ3) is 3.48. The monoisotopic (exact) mass is 326 g/mol. The van der Waals surface area contributed by atoms with E-state index in [1.807, 2.05) is 37.3 Å². The second-order valence-corrected chi connectivity index (χ2v) is 5.08. The highest BCUT2D eigenvalue weighted by Crippen LogP contribution is 2.26. The molecule has 3 rings (SSSR count). The largest absolute Gasteiger partial charge is 0.354 e. The van der Waals surface area contributed by atoms with Crippen LogP contribution in [0.4, 0.5) is 26.2 Å². The van der Waals surface area contributed by atoms with Crippen molar-refractivity contribution in [2.75, 3.05) is 17.2 Å². The Kier molecular flexibility index (Phi) is 4.65. The topological polar surface area (TPSA) is 49.8 Å². The fourth-order valence-corrected chi connectivity index (χ4v) is 2.25. The van der Waals surface area contributed by atoms with Gasteiger partial charge in [-0.1, -0.05) is 36.4 Å². The smallest absolute Gasteiger partial charge is 0.225 e. The Morgan fingerprint density at radius 3 is 2.29 bits per heavy atom. The molecule has 24 heavy (non-hydrogen) atoms. The number of nitrogens with one attached hydrogen (secondary N) is 2. The Hall–Kier alpha value is -3.02. The van der Waals surface area contributed by atoms with Gasteiger partial charge in [0, 0.05) is 18.2 Å². The van der Waals surface area contributed by atoms with Crippen LogP contribution in [0.1, 0.15) is 6.92 Å². The Labute approximate surface area is 138 Å². The number of hydrogen-bond acceptors (Lipinski definition) is 4. The van der Waals surface area contributed by atoms with E-state index >= 15 is 0 Å². The van der Waals surface area contributed by atoms with Gasteiger partial charge in [-0.3, -0.25) is 0 Å². The summed E-state index contributed by atoms with van der Waals surface area (Å²) >= 11 is 0. The van der Waals surface area contributed by atoms with Crippen molar-refractivity contribution in [2.45, 2.75) is 6.92 Å². The standard InChI is InChI=1S/C18H16F2N4/c1-2-21-18-22-15(12-7-4-3-5-8-12)11-16(24-18)23-17-13(19)9-6-10-14(17)20/h3-11H,2H2,1H3,(H2,21,22,23,24). The third-order valence-electron chi connectivity index (χ3n) is 3.35. The number of rotatable bonds is 5. The highest BCUT2D eigenvalue weighted by molar-refractivity contribution is 5.67. The van der Waals surface area contributed by atoms with E-state index in [-0.39, 0.29) is 5.69 Å². The van der Waals surface area contributed by atoms with Crippen LogP contribution in [0.5, 0.6) is 0 Å². The maximum atomic E-state index is 13.8. The fourth-order valence-electron chi connectivity index (χ4n) is 2.25. The van der Waals surface area contributed by atoms with Gasteiger partial charge in [0.1, 0.15) is 23.1 Å². The van der Waals surface area contributed by atoms with Gasteiger partial charge in [-0.2, -0.15) is 4.98 Å². The number of halogens is 2. The molecule has 122 valence electrons. The first-order valence-corrected chi connectivity index (χ1v) is 7.57. The van der Waals surface area contributed by atoms with Crippen LogP contribution in [0.3, 0.4) is 0 Å². The Balaban J connectivity index is 2.02. The molecule has 0 aliphatic heterocycles. The molecule has 4 nitrogen and oxygen atoms in total. The molecule has 0 saturated carbocycles. The van der Waals surface area contributed by atoms with Gasteiger partial charge in [-0.05, 0) is 19.1 Å². The minimum absolute atomic E-state index is 0.238. The number of aromatic nitrogens is 2. The summed E-state index contributed by atoms with van der Waals surface area (Å²) < 4.78 is 27.7. The Bertz CT molecular complexity index is 817. The molecule has 0 aliphatic rings. The van der Waals surface area contributed by atoms with Gasteiger partial charge in [0.05, 0.1) is 5.69 Å². The average Bonchev–Trinajstić information content (AvgIpc) is 2.59. The molecular formula is C18H16F2N4. The van der Waals surface area contributed by atoms with E-state index in [1.165, 1.54) is 18.2 Å². The SMILES string of the molecule is CCNc1nc(Nc2c(F)cccc2F)cc(-c2ccccc2)n1. The van der Waals surface area contributed by atoms with Crippen molar-refractivity contribution in [1.29, 1.82) is 0 Å². The van der Waals surface area contributed by atoms with E-state index in [1.54, 1.807) is 6.07 Å². The van der Waals surface area contributed by atoms with Crippen LogP contribution in [0.2, 0.25) is 0 Å². The molecule has 0 fully saturated rings. The summed E-state index contributed by atoms with van der Waals surface area (Å²) in [5.74, 6) is -0.665. The molecule has 2 N–H and O–H groups in total. The lowest BCUT2D eigenvalue weighted by Crippen LogP contribution is -2.06. The molecule has 0 saturated heterocycles. The van der Waals surface area contributed by atoms with E-state index in [4.69, 9.17) is 0 Å². The van der Waals surface area contributed by atoms with Crippen molar-refractivity contribution in [1.82, 2.24) is 9.97 Å². The molecule has 0 unspecified atom stereocenters. The van der Waals surface area contributed by atoms with Gasteiger partial charge in [0.15, 0.2) is 0 Å². The molecule has 1 aromatic heterocycles. The van der Waals surface area contributed by atoms with Crippen molar-refractivity contribution in [3.05, 3.63) is 66.2 Å². The van der Waals surface area contributed by atoms with Crippen molar-refractivity contribution in [3.63, 3.8) is 0 Å². The lowest BCUT2D eigenvalue weighted by atomic mass is 10.1. The van der Waals surface area contributed by atoms with Gasteiger partial charge in [0.25, 0.3) is 0 Å². The van der Waals surface area contributed by atoms with Gasteiger partial charge < -0.3 is 10.6 Å². The molecule has 1 heterocycles. The molecule has 0 amide bonds. The predicted molar refractivity (Wildman–Crippen MR) is 91.3 cm³/mol. The average molecular weight is 326 g/mol. The van der Waals surface area contributed by atoms with Crippen LogP contribution in [0.15, 0.2) is 54.6 Å². The molecule has 0 aliphatic carbocycles. The number of anilines is 3. The lowest BCUT2D eigenvalue weighted by Gasteiger charge is -2.12. The number of nitrogens with zero attached hydrogens (tertiary/aromatic N) is 2. The normalized spacial score (nSPS) is 10.5.